The lowest BCUT2D eigenvalue weighted by Gasteiger charge is -1.78. The van der Waals surface area contributed by atoms with Gasteiger partial charge in [0.1, 0.15) is 0 Å². The summed E-state index contributed by atoms with van der Waals surface area (Å²) in [4.78, 5) is 8.88. The SMILES string of the molecule is C=C(C)[N+](=O)[O-].c1ccccc1. The van der Waals surface area contributed by atoms with E-state index in [1.807, 2.05) is 36.4 Å². The van der Waals surface area contributed by atoms with Gasteiger partial charge in [-0.05, 0) is 6.58 Å². The minimum Gasteiger partial charge on any atom is -0.259 e. The Hall–Kier alpha value is -1.64. The van der Waals surface area contributed by atoms with Crippen LogP contribution in [0, 0.1) is 10.1 Å². The lowest BCUT2D eigenvalue weighted by molar-refractivity contribution is -0.423. The number of benzene rings is 1. The summed E-state index contributed by atoms with van der Waals surface area (Å²) in [5.41, 5.74) is -0.0185. The molecule has 64 valence electrons. The molecule has 0 aliphatic heterocycles. The summed E-state index contributed by atoms with van der Waals surface area (Å²) in [6.45, 7) is 4.40. The van der Waals surface area contributed by atoms with E-state index >= 15 is 0 Å². The van der Waals surface area contributed by atoms with Crippen LogP contribution >= 0.6 is 0 Å². The molecule has 3 nitrogen and oxygen atoms in total. The number of hydrogen-bond donors (Lipinski definition) is 0. The van der Waals surface area contributed by atoms with Crippen molar-refractivity contribution in [1.29, 1.82) is 0 Å². The van der Waals surface area contributed by atoms with Gasteiger partial charge >= 0.3 is 0 Å². The maximum Gasteiger partial charge on any atom is 0.236 e. The highest BCUT2D eigenvalue weighted by Gasteiger charge is 1.90. The van der Waals surface area contributed by atoms with Crippen molar-refractivity contribution in [2.45, 2.75) is 6.92 Å². The Balaban J connectivity index is 0.000000202. The molecule has 0 aliphatic carbocycles. The van der Waals surface area contributed by atoms with Crippen LogP contribution in [0.2, 0.25) is 0 Å². The second kappa shape index (κ2) is 6.09. The van der Waals surface area contributed by atoms with Crippen molar-refractivity contribution in [3.05, 3.63) is 58.8 Å². The average molecular weight is 165 g/mol. The summed E-state index contributed by atoms with van der Waals surface area (Å²) < 4.78 is 0. The molecule has 0 unspecified atom stereocenters. The summed E-state index contributed by atoms with van der Waals surface area (Å²) >= 11 is 0. The lowest BCUT2D eigenvalue weighted by Crippen LogP contribution is -1.89. The molecule has 0 N–H and O–H groups in total. The Bertz CT molecular complexity index is 205. The first-order chi connectivity index (χ1) is 5.64. The molecule has 1 aromatic carbocycles. The van der Waals surface area contributed by atoms with Gasteiger partial charge in [-0.25, -0.2) is 0 Å². The molecule has 0 aliphatic rings. The quantitative estimate of drug-likeness (QED) is 0.474. The molecule has 0 amide bonds. The smallest absolute Gasteiger partial charge is 0.236 e. The number of nitro groups is 1. The summed E-state index contributed by atoms with van der Waals surface area (Å²) in [6, 6.07) is 12.0. The molecule has 0 saturated heterocycles. The molecule has 3 heteroatoms. The molecule has 0 saturated carbocycles. The minimum atomic E-state index is -0.528. The van der Waals surface area contributed by atoms with Gasteiger partial charge in [-0.15, -0.1) is 0 Å². The second-order valence-corrected chi connectivity index (χ2v) is 2.15. The molecular weight excluding hydrogens is 154 g/mol. The van der Waals surface area contributed by atoms with Crippen LogP contribution in [0.25, 0.3) is 0 Å². The Morgan fingerprint density at radius 1 is 1.17 bits per heavy atom. The van der Waals surface area contributed by atoms with E-state index < -0.39 is 4.92 Å². The van der Waals surface area contributed by atoms with Crippen LogP contribution in [0.15, 0.2) is 48.7 Å². The van der Waals surface area contributed by atoms with Crippen molar-refractivity contribution >= 4 is 0 Å². The summed E-state index contributed by atoms with van der Waals surface area (Å²) in [5, 5.41) is 9.41. The highest BCUT2D eigenvalue weighted by Crippen LogP contribution is 1.82. The number of allylic oxidation sites excluding steroid dienone is 1. The van der Waals surface area contributed by atoms with Gasteiger partial charge in [0.05, 0.1) is 4.92 Å². The Labute approximate surface area is 71.5 Å². The second-order valence-electron chi connectivity index (χ2n) is 2.15. The lowest BCUT2D eigenvalue weighted by atomic mass is 10.4. The third-order valence-corrected chi connectivity index (χ3v) is 0.978. The highest BCUT2D eigenvalue weighted by molar-refractivity contribution is 4.99. The van der Waals surface area contributed by atoms with E-state index in [0.29, 0.717) is 0 Å². The molecule has 12 heavy (non-hydrogen) atoms. The van der Waals surface area contributed by atoms with E-state index in [9.17, 15) is 10.1 Å². The van der Waals surface area contributed by atoms with Crippen LogP contribution in [0.4, 0.5) is 0 Å². The monoisotopic (exact) mass is 165 g/mol. The van der Waals surface area contributed by atoms with Crippen molar-refractivity contribution in [2.75, 3.05) is 0 Å². The van der Waals surface area contributed by atoms with Crippen molar-refractivity contribution in [3.8, 4) is 0 Å². The molecule has 1 aromatic rings. The largest absolute Gasteiger partial charge is 0.259 e. The van der Waals surface area contributed by atoms with Crippen LogP contribution < -0.4 is 0 Å². The molecule has 0 bridgehead atoms. The average Bonchev–Trinajstić information content (AvgIpc) is 2.08. The normalized spacial score (nSPS) is 7.75. The van der Waals surface area contributed by atoms with E-state index in [1.54, 1.807) is 0 Å². The fraction of sp³-hybridized carbons (Fsp3) is 0.111. The molecule has 0 atom stereocenters. The highest BCUT2D eigenvalue weighted by atomic mass is 16.6. The van der Waals surface area contributed by atoms with Crippen molar-refractivity contribution in [2.24, 2.45) is 0 Å². The zero-order valence-corrected chi connectivity index (χ0v) is 6.93. The minimum absolute atomic E-state index is 0.0185. The van der Waals surface area contributed by atoms with Crippen LogP contribution in [0.1, 0.15) is 6.92 Å². The maximum atomic E-state index is 9.41. The number of nitrogens with zero attached hydrogens (tertiary/aromatic N) is 1. The van der Waals surface area contributed by atoms with Gasteiger partial charge in [0.2, 0.25) is 5.70 Å². The summed E-state index contributed by atoms with van der Waals surface area (Å²) in [5.74, 6) is 0. The standard InChI is InChI=1S/C6H6.C3H5NO2/c1-2-4-6-5-3-1;1-3(2)4(5)6/h1-6H;1H2,2H3. The van der Waals surface area contributed by atoms with Crippen molar-refractivity contribution in [3.63, 3.8) is 0 Å². The molecule has 0 radical (unpaired) electrons. The van der Waals surface area contributed by atoms with Crippen LogP contribution in [0.5, 0.6) is 0 Å². The van der Waals surface area contributed by atoms with E-state index in [2.05, 4.69) is 6.58 Å². The fourth-order valence-corrected chi connectivity index (χ4v) is 0.385. The van der Waals surface area contributed by atoms with Crippen molar-refractivity contribution in [1.82, 2.24) is 0 Å². The topological polar surface area (TPSA) is 43.1 Å². The Morgan fingerprint density at radius 3 is 1.42 bits per heavy atom. The first-order valence-corrected chi connectivity index (χ1v) is 3.44. The molecule has 0 fully saturated rings. The summed E-state index contributed by atoms with van der Waals surface area (Å²) in [7, 11) is 0. The van der Waals surface area contributed by atoms with Gasteiger partial charge in [0, 0.05) is 6.92 Å². The van der Waals surface area contributed by atoms with Gasteiger partial charge in [-0.1, -0.05) is 36.4 Å². The van der Waals surface area contributed by atoms with E-state index in [-0.39, 0.29) is 5.70 Å². The van der Waals surface area contributed by atoms with Crippen LogP contribution in [-0.2, 0) is 0 Å². The van der Waals surface area contributed by atoms with E-state index in [4.69, 9.17) is 0 Å². The number of rotatable bonds is 1. The van der Waals surface area contributed by atoms with Crippen LogP contribution in [0.3, 0.4) is 0 Å². The van der Waals surface area contributed by atoms with Gasteiger partial charge in [-0.3, -0.25) is 10.1 Å². The zero-order chi connectivity index (χ0) is 9.40. The van der Waals surface area contributed by atoms with Gasteiger partial charge in [-0.2, -0.15) is 0 Å². The molecular formula is C9H11NO2. The van der Waals surface area contributed by atoms with Gasteiger partial charge < -0.3 is 0 Å². The molecule has 0 aromatic heterocycles. The predicted octanol–water partition coefficient (Wildman–Crippen LogP) is 2.48. The first kappa shape index (κ1) is 10.4. The maximum absolute atomic E-state index is 9.41. The molecule has 1 rings (SSSR count). The zero-order valence-electron chi connectivity index (χ0n) is 6.93. The first-order valence-electron chi connectivity index (χ1n) is 3.44. The Kier molecular flexibility index (Phi) is 5.26. The van der Waals surface area contributed by atoms with Crippen molar-refractivity contribution < 1.29 is 4.92 Å². The summed E-state index contributed by atoms with van der Waals surface area (Å²) in [6.07, 6.45) is 0. The molecule has 0 spiro atoms. The fourth-order valence-electron chi connectivity index (χ4n) is 0.385. The Morgan fingerprint density at radius 2 is 1.33 bits per heavy atom. The van der Waals surface area contributed by atoms with Crippen LogP contribution in [-0.4, -0.2) is 4.92 Å². The van der Waals surface area contributed by atoms with Gasteiger partial charge in [0.25, 0.3) is 0 Å². The van der Waals surface area contributed by atoms with E-state index in [1.165, 1.54) is 6.92 Å². The van der Waals surface area contributed by atoms with E-state index in [0.717, 1.165) is 0 Å². The predicted molar refractivity (Wildman–Crippen MR) is 48.3 cm³/mol. The van der Waals surface area contributed by atoms with Gasteiger partial charge in [0.15, 0.2) is 0 Å². The number of hydrogen-bond acceptors (Lipinski definition) is 2. The third-order valence-electron chi connectivity index (χ3n) is 0.978. The third kappa shape index (κ3) is 6.48. The molecule has 0 heterocycles.